The number of rotatable bonds is 5. The van der Waals surface area contributed by atoms with Gasteiger partial charge in [0, 0.05) is 28.7 Å². The summed E-state index contributed by atoms with van der Waals surface area (Å²) in [4.78, 5) is 35.1. The Bertz CT molecular complexity index is 1070. The highest BCUT2D eigenvalue weighted by molar-refractivity contribution is 5.99. The summed E-state index contributed by atoms with van der Waals surface area (Å²) >= 11 is 0. The van der Waals surface area contributed by atoms with Crippen molar-refractivity contribution in [2.45, 2.75) is 0 Å². The Morgan fingerprint density at radius 1 is 1.11 bits per heavy atom. The van der Waals surface area contributed by atoms with Crippen LogP contribution in [0.1, 0.15) is 5.56 Å². The zero-order chi connectivity index (χ0) is 19.4. The van der Waals surface area contributed by atoms with Crippen molar-refractivity contribution < 1.29 is 14.6 Å². The van der Waals surface area contributed by atoms with Crippen molar-refractivity contribution in [3.05, 3.63) is 74.5 Å². The van der Waals surface area contributed by atoms with Gasteiger partial charge in [0.2, 0.25) is 0 Å². The molecule has 3 aromatic rings. The molecule has 1 heterocycles. The number of nitrogens with one attached hydrogen (secondary N) is 3. The van der Waals surface area contributed by atoms with E-state index in [-0.39, 0.29) is 5.69 Å². The van der Waals surface area contributed by atoms with E-state index >= 15 is 0 Å². The molecule has 27 heavy (non-hydrogen) atoms. The third-order valence-corrected chi connectivity index (χ3v) is 3.63. The maximum absolute atomic E-state index is 11.9. The molecule has 0 aliphatic rings. The first-order valence-electron chi connectivity index (χ1n) is 7.54. The summed E-state index contributed by atoms with van der Waals surface area (Å²) in [5.74, 6) is 0. The number of fused-ring (bicyclic) bond motifs is 1. The number of nitro benzene ring substituents is 2. The molecule has 0 bridgehead atoms. The van der Waals surface area contributed by atoms with Crippen molar-refractivity contribution in [1.29, 1.82) is 0 Å². The Balaban J connectivity index is 1.70. The Labute approximate surface area is 151 Å². The number of anilines is 1. The number of para-hydroxylation sites is 1. The van der Waals surface area contributed by atoms with Crippen LogP contribution in [0.25, 0.3) is 10.9 Å². The smallest absolute Gasteiger partial charge is 0.339 e. The third-order valence-electron chi connectivity index (χ3n) is 3.63. The molecule has 0 spiro atoms. The Morgan fingerprint density at radius 3 is 2.63 bits per heavy atom. The van der Waals surface area contributed by atoms with E-state index in [1.165, 1.54) is 6.21 Å². The number of nitrogens with zero attached hydrogens (tertiary/aromatic N) is 3. The molecule has 0 aliphatic carbocycles. The minimum absolute atomic E-state index is 0.189. The number of hydrogen-bond acceptors (Lipinski definition) is 6. The number of aromatic amines is 1. The van der Waals surface area contributed by atoms with E-state index < -0.39 is 27.3 Å². The third kappa shape index (κ3) is 3.87. The largest absolute Gasteiger partial charge is 0.361 e. The SMILES string of the molecule is O=C(NN=Cc1c[nH]c2ccccc12)Nc1ccc([N+](=O)[O-])cc1[N+](=O)[O-]. The van der Waals surface area contributed by atoms with Gasteiger partial charge in [-0.2, -0.15) is 5.10 Å². The lowest BCUT2D eigenvalue weighted by Crippen LogP contribution is -2.24. The van der Waals surface area contributed by atoms with E-state index in [4.69, 9.17) is 0 Å². The standard InChI is InChI=1S/C16H12N6O5/c23-16(19-14-6-5-11(21(24)25)7-15(14)22(26)27)20-18-9-10-8-17-13-4-2-1-3-12(10)13/h1-9,17H,(H2,19,20,23). The van der Waals surface area contributed by atoms with Crippen LogP contribution in [0.2, 0.25) is 0 Å². The van der Waals surface area contributed by atoms with Crippen molar-refractivity contribution in [3.63, 3.8) is 0 Å². The highest BCUT2D eigenvalue weighted by atomic mass is 16.6. The molecule has 0 aliphatic heterocycles. The zero-order valence-electron chi connectivity index (χ0n) is 13.6. The summed E-state index contributed by atoms with van der Waals surface area (Å²) in [7, 11) is 0. The van der Waals surface area contributed by atoms with Gasteiger partial charge in [-0.15, -0.1) is 0 Å². The summed E-state index contributed by atoms with van der Waals surface area (Å²) in [6, 6.07) is 9.59. The molecule has 11 nitrogen and oxygen atoms in total. The van der Waals surface area contributed by atoms with Gasteiger partial charge in [-0.1, -0.05) is 18.2 Å². The van der Waals surface area contributed by atoms with Gasteiger partial charge >= 0.3 is 6.03 Å². The summed E-state index contributed by atoms with van der Waals surface area (Å²) in [5, 5.41) is 28.7. The van der Waals surface area contributed by atoms with E-state index in [0.717, 1.165) is 34.7 Å². The van der Waals surface area contributed by atoms with Crippen LogP contribution in [-0.4, -0.2) is 27.1 Å². The fraction of sp³-hybridized carbons (Fsp3) is 0. The number of hydrazone groups is 1. The zero-order valence-corrected chi connectivity index (χ0v) is 13.6. The number of aromatic nitrogens is 1. The van der Waals surface area contributed by atoms with E-state index in [1.807, 2.05) is 24.3 Å². The minimum atomic E-state index is -0.831. The molecule has 2 aromatic carbocycles. The van der Waals surface area contributed by atoms with Crippen molar-refractivity contribution in [2.75, 3.05) is 5.32 Å². The summed E-state index contributed by atoms with van der Waals surface area (Å²) in [6.07, 6.45) is 3.14. The van der Waals surface area contributed by atoms with Crippen LogP contribution in [0.3, 0.4) is 0 Å². The van der Waals surface area contributed by atoms with Crippen molar-refractivity contribution >= 4 is 40.2 Å². The molecular weight excluding hydrogens is 356 g/mol. The molecule has 0 radical (unpaired) electrons. The molecule has 0 unspecified atom stereocenters. The second-order valence-corrected chi connectivity index (χ2v) is 5.33. The number of nitro groups is 2. The molecule has 2 amide bonds. The van der Waals surface area contributed by atoms with Crippen molar-refractivity contribution in [1.82, 2.24) is 10.4 Å². The Kier molecular flexibility index (Phi) is 4.75. The first-order chi connectivity index (χ1) is 13.0. The molecule has 3 N–H and O–H groups in total. The average Bonchev–Trinajstić information content (AvgIpc) is 3.05. The van der Waals surface area contributed by atoms with Crippen molar-refractivity contribution in [3.8, 4) is 0 Å². The maximum Gasteiger partial charge on any atom is 0.339 e. The topological polar surface area (TPSA) is 156 Å². The van der Waals surface area contributed by atoms with Gasteiger partial charge in [0.15, 0.2) is 0 Å². The van der Waals surface area contributed by atoms with Crippen LogP contribution in [0.15, 0.2) is 53.8 Å². The number of urea groups is 1. The molecular formula is C16H12N6O5. The van der Waals surface area contributed by atoms with Crippen molar-refractivity contribution in [2.24, 2.45) is 5.10 Å². The van der Waals surface area contributed by atoms with Gasteiger partial charge in [-0.3, -0.25) is 20.2 Å². The maximum atomic E-state index is 11.9. The Morgan fingerprint density at radius 2 is 1.89 bits per heavy atom. The monoisotopic (exact) mass is 368 g/mol. The molecule has 11 heteroatoms. The molecule has 136 valence electrons. The fourth-order valence-electron chi connectivity index (χ4n) is 2.40. The van der Waals surface area contributed by atoms with Crippen LogP contribution in [0.5, 0.6) is 0 Å². The number of H-pyrrole nitrogens is 1. The van der Waals surface area contributed by atoms with Crippen LogP contribution in [-0.2, 0) is 0 Å². The number of non-ortho nitro benzene ring substituents is 1. The fourth-order valence-corrected chi connectivity index (χ4v) is 2.40. The van der Waals surface area contributed by atoms with E-state index in [2.05, 4.69) is 20.8 Å². The number of amides is 2. The average molecular weight is 368 g/mol. The van der Waals surface area contributed by atoms with Crippen LogP contribution >= 0.6 is 0 Å². The minimum Gasteiger partial charge on any atom is -0.361 e. The normalized spacial score (nSPS) is 10.8. The lowest BCUT2D eigenvalue weighted by molar-refractivity contribution is -0.393. The van der Waals surface area contributed by atoms with E-state index in [0.29, 0.717) is 0 Å². The Hall–Kier alpha value is -4.28. The lowest BCUT2D eigenvalue weighted by atomic mass is 10.2. The van der Waals surface area contributed by atoms with E-state index in [9.17, 15) is 25.0 Å². The second-order valence-electron chi connectivity index (χ2n) is 5.33. The van der Waals surface area contributed by atoms with E-state index in [1.54, 1.807) is 6.20 Å². The molecule has 0 atom stereocenters. The summed E-state index contributed by atoms with van der Waals surface area (Å²) in [6.45, 7) is 0. The predicted molar refractivity (Wildman–Crippen MR) is 97.8 cm³/mol. The highest BCUT2D eigenvalue weighted by Gasteiger charge is 2.20. The molecule has 0 saturated heterocycles. The van der Waals surface area contributed by atoms with Gasteiger partial charge in [-0.25, -0.2) is 10.2 Å². The first kappa shape index (κ1) is 17.5. The van der Waals surface area contributed by atoms with Gasteiger partial charge in [0.25, 0.3) is 11.4 Å². The summed E-state index contributed by atoms with van der Waals surface area (Å²) in [5.41, 5.74) is 2.60. The first-order valence-corrected chi connectivity index (χ1v) is 7.54. The number of benzene rings is 2. The predicted octanol–water partition coefficient (Wildman–Crippen LogP) is 3.14. The van der Waals surface area contributed by atoms with Gasteiger partial charge in [0.1, 0.15) is 5.69 Å². The van der Waals surface area contributed by atoms with Gasteiger partial charge < -0.3 is 10.3 Å². The quantitative estimate of drug-likeness (QED) is 0.358. The summed E-state index contributed by atoms with van der Waals surface area (Å²) < 4.78 is 0. The van der Waals surface area contributed by atoms with Gasteiger partial charge in [-0.05, 0) is 12.1 Å². The van der Waals surface area contributed by atoms with Crippen LogP contribution in [0, 0.1) is 20.2 Å². The van der Waals surface area contributed by atoms with Crippen LogP contribution in [0.4, 0.5) is 21.9 Å². The number of carbonyl (C=O) groups excluding carboxylic acids is 1. The van der Waals surface area contributed by atoms with Gasteiger partial charge in [0.05, 0.1) is 22.1 Å². The molecule has 0 saturated carbocycles. The number of carbonyl (C=O) groups is 1. The molecule has 1 aromatic heterocycles. The second kappa shape index (κ2) is 7.31. The molecule has 3 rings (SSSR count). The number of hydrogen-bond donors (Lipinski definition) is 3. The highest BCUT2D eigenvalue weighted by Crippen LogP contribution is 2.28. The lowest BCUT2D eigenvalue weighted by Gasteiger charge is -2.05. The molecule has 0 fully saturated rings. The van der Waals surface area contributed by atoms with Crippen LogP contribution < -0.4 is 10.7 Å².